The number of amides is 1. The number of nitriles is 2. The molecule has 1 heterocycles. The molecule has 0 radical (unpaired) electrons. The molecule has 0 fully saturated rings. The van der Waals surface area contributed by atoms with Crippen LogP contribution in [0, 0.1) is 22.7 Å². The molecule has 0 aliphatic rings. The predicted molar refractivity (Wildman–Crippen MR) is 73.1 cm³/mol. The number of nitrogens with zero attached hydrogens (tertiary/aromatic N) is 3. The smallest absolute Gasteiger partial charge is 0.257 e. The third-order valence-corrected chi connectivity index (χ3v) is 2.84. The average molecular weight is 283 g/mol. The molecule has 96 valence electrons. The van der Waals surface area contributed by atoms with E-state index in [9.17, 15) is 4.79 Å². The zero-order valence-corrected chi connectivity index (χ0v) is 10.8. The van der Waals surface area contributed by atoms with Crippen molar-refractivity contribution in [2.75, 3.05) is 5.32 Å². The Labute approximate surface area is 120 Å². The molecule has 1 amide bonds. The van der Waals surface area contributed by atoms with Crippen LogP contribution in [0.4, 0.5) is 5.69 Å². The van der Waals surface area contributed by atoms with Gasteiger partial charge in [-0.1, -0.05) is 11.6 Å². The summed E-state index contributed by atoms with van der Waals surface area (Å²) < 4.78 is 0. The van der Waals surface area contributed by atoms with Crippen molar-refractivity contribution in [3.8, 4) is 12.1 Å². The normalized spacial score (nSPS) is 9.35. The van der Waals surface area contributed by atoms with E-state index in [4.69, 9.17) is 22.1 Å². The van der Waals surface area contributed by atoms with Gasteiger partial charge in [-0.2, -0.15) is 10.5 Å². The molecule has 0 aliphatic heterocycles. The first-order chi connectivity index (χ1) is 9.65. The number of rotatable bonds is 2. The van der Waals surface area contributed by atoms with Crippen LogP contribution in [0.3, 0.4) is 0 Å². The predicted octanol–water partition coefficient (Wildman–Crippen LogP) is 2.73. The molecule has 2 aromatic rings. The van der Waals surface area contributed by atoms with Gasteiger partial charge in [0.05, 0.1) is 21.7 Å². The maximum absolute atomic E-state index is 12.0. The Balaban J connectivity index is 2.28. The highest BCUT2D eigenvalue weighted by Crippen LogP contribution is 2.18. The first kappa shape index (κ1) is 13.5. The first-order valence-electron chi connectivity index (χ1n) is 5.51. The molecule has 0 spiro atoms. The number of anilines is 1. The van der Waals surface area contributed by atoms with E-state index in [1.54, 1.807) is 6.07 Å². The molecule has 1 aromatic heterocycles. The van der Waals surface area contributed by atoms with Gasteiger partial charge in [0.25, 0.3) is 5.91 Å². The molecule has 0 unspecified atom stereocenters. The van der Waals surface area contributed by atoms with Gasteiger partial charge in [0.1, 0.15) is 12.1 Å². The summed E-state index contributed by atoms with van der Waals surface area (Å²) in [4.78, 5) is 15.8. The summed E-state index contributed by atoms with van der Waals surface area (Å²) >= 11 is 5.87. The third-order valence-electron chi connectivity index (χ3n) is 2.54. The van der Waals surface area contributed by atoms with Crippen LogP contribution in [0.25, 0.3) is 0 Å². The highest BCUT2D eigenvalue weighted by Gasteiger charge is 2.11. The fourth-order valence-corrected chi connectivity index (χ4v) is 1.77. The van der Waals surface area contributed by atoms with Crippen LogP contribution in [0.1, 0.15) is 21.5 Å². The summed E-state index contributed by atoms with van der Waals surface area (Å²) in [5.41, 5.74) is 1.15. The lowest BCUT2D eigenvalue weighted by Crippen LogP contribution is -2.12. The van der Waals surface area contributed by atoms with Gasteiger partial charge in [0.2, 0.25) is 0 Å². The molecule has 1 N–H and O–H groups in total. The average Bonchev–Trinajstić information content (AvgIpc) is 2.47. The Morgan fingerprint density at radius 2 is 1.95 bits per heavy atom. The van der Waals surface area contributed by atoms with E-state index >= 15 is 0 Å². The van der Waals surface area contributed by atoms with E-state index in [0.717, 1.165) is 0 Å². The lowest BCUT2D eigenvalue weighted by Gasteiger charge is -2.07. The van der Waals surface area contributed by atoms with Crippen LogP contribution in [0.15, 0.2) is 36.7 Å². The van der Waals surface area contributed by atoms with E-state index in [1.165, 1.54) is 30.6 Å². The molecule has 2 rings (SSSR count). The number of halogens is 1. The zero-order chi connectivity index (χ0) is 14.5. The first-order valence-corrected chi connectivity index (χ1v) is 5.88. The fraction of sp³-hybridized carbons (Fsp3) is 0. The van der Waals surface area contributed by atoms with Gasteiger partial charge in [0, 0.05) is 18.1 Å². The summed E-state index contributed by atoms with van der Waals surface area (Å²) in [6, 6.07) is 9.76. The molecule has 1 aromatic carbocycles. The molecular formula is C14H7ClN4O. The van der Waals surface area contributed by atoms with E-state index < -0.39 is 5.91 Å². The summed E-state index contributed by atoms with van der Waals surface area (Å²) in [5, 5.41) is 20.6. The van der Waals surface area contributed by atoms with Crippen molar-refractivity contribution in [3.05, 3.63) is 58.4 Å². The summed E-state index contributed by atoms with van der Waals surface area (Å²) in [7, 11) is 0. The number of carbonyl (C=O) groups excluding carboxylic acids is 1. The second-order valence-corrected chi connectivity index (χ2v) is 4.20. The second kappa shape index (κ2) is 5.83. The van der Waals surface area contributed by atoms with Crippen LogP contribution in [-0.2, 0) is 0 Å². The molecule has 20 heavy (non-hydrogen) atoms. The minimum atomic E-state index is -0.411. The molecule has 0 bridgehead atoms. The van der Waals surface area contributed by atoms with E-state index in [0.29, 0.717) is 5.69 Å². The minimum Gasteiger partial charge on any atom is -0.322 e. The standard InChI is InChI=1S/C14H7ClN4O/c15-13-8-18-4-3-12(13)14(20)19-11-2-1-9(6-16)10(5-11)7-17/h1-5,8H,(H,19,20). The zero-order valence-electron chi connectivity index (χ0n) is 10.1. The van der Waals surface area contributed by atoms with Gasteiger partial charge in [-0.3, -0.25) is 9.78 Å². The lowest BCUT2D eigenvalue weighted by molar-refractivity contribution is 0.102. The molecule has 0 atom stereocenters. The van der Waals surface area contributed by atoms with Gasteiger partial charge in [-0.05, 0) is 24.3 Å². The maximum atomic E-state index is 12.0. The van der Waals surface area contributed by atoms with Crippen molar-refractivity contribution in [2.24, 2.45) is 0 Å². The molecule has 6 heteroatoms. The Morgan fingerprint density at radius 1 is 1.20 bits per heavy atom. The van der Waals surface area contributed by atoms with Gasteiger partial charge >= 0.3 is 0 Å². The number of benzene rings is 1. The number of pyridine rings is 1. The Hall–Kier alpha value is -2.89. The Morgan fingerprint density at radius 3 is 2.60 bits per heavy atom. The van der Waals surface area contributed by atoms with Crippen molar-refractivity contribution in [2.45, 2.75) is 0 Å². The Kier molecular flexibility index (Phi) is 3.95. The SMILES string of the molecule is N#Cc1ccc(NC(=O)c2ccncc2Cl)cc1C#N. The number of nitrogens with one attached hydrogen (secondary N) is 1. The van der Waals surface area contributed by atoms with Crippen molar-refractivity contribution >= 4 is 23.2 Å². The summed E-state index contributed by atoms with van der Waals surface area (Å²) in [6.07, 6.45) is 2.83. The topological polar surface area (TPSA) is 89.6 Å². The minimum absolute atomic E-state index is 0.200. The number of carbonyl (C=O) groups is 1. The van der Waals surface area contributed by atoms with E-state index in [2.05, 4.69) is 10.3 Å². The highest BCUT2D eigenvalue weighted by molar-refractivity contribution is 6.34. The highest BCUT2D eigenvalue weighted by atomic mass is 35.5. The van der Waals surface area contributed by atoms with Gasteiger partial charge in [-0.25, -0.2) is 0 Å². The van der Waals surface area contributed by atoms with Gasteiger partial charge in [-0.15, -0.1) is 0 Å². The van der Waals surface area contributed by atoms with E-state index in [-0.39, 0.29) is 21.7 Å². The fourth-order valence-electron chi connectivity index (χ4n) is 1.57. The van der Waals surface area contributed by atoms with E-state index in [1.807, 2.05) is 12.1 Å². The molecule has 0 saturated carbocycles. The van der Waals surface area contributed by atoms with Crippen molar-refractivity contribution in [1.82, 2.24) is 4.98 Å². The molecule has 0 aliphatic carbocycles. The number of aromatic nitrogens is 1. The quantitative estimate of drug-likeness (QED) is 0.917. The van der Waals surface area contributed by atoms with Gasteiger partial charge < -0.3 is 5.32 Å². The lowest BCUT2D eigenvalue weighted by atomic mass is 10.1. The third kappa shape index (κ3) is 2.74. The van der Waals surface area contributed by atoms with Crippen molar-refractivity contribution in [1.29, 1.82) is 10.5 Å². The summed E-state index contributed by atoms with van der Waals surface area (Å²) in [5.74, 6) is -0.411. The Bertz CT molecular complexity index is 758. The molecule has 5 nitrogen and oxygen atoms in total. The van der Waals surface area contributed by atoms with Gasteiger partial charge in [0.15, 0.2) is 0 Å². The monoisotopic (exact) mass is 282 g/mol. The molecule has 0 saturated heterocycles. The van der Waals surface area contributed by atoms with Crippen LogP contribution in [0.5, 0.6) is 0 Å². The van der Waals surface area contributed by atoms with Crippen LogP contribution in [-0.4, -0.2) is 10.9 Å². The van der Waals surface area contributed by atoms with Crippen molar-refractivity contribution in [3.63, 3.8) is 0 Å². The number of hydrogen-bond donors (Lipinski definition) is 1. The van der Waals surface area contributed by atoms with Crippen LogP contribution >= 0.6 is 11.6 Å². The maximum Gasteiger partial charge on any atom is 0.257 e. The van der Waals surface area contributed by atoms with Crippen molar-refractivity contribution < 1.29 is 4.79 Å². The molecular weight excluding hydrogens is 276 g/mol. The van der Waals surface area contributed by atoms with Crippen LogP contribution < -0.4 is 5.32 Å². The largest absolute Gasteiger partial charge is 0.322 e. The summed E-state index contributed by atoms with van der Waals surface area (Å²) in [6.45, 7) is 0. The second-order valence-electron chi connectivity index (χ2n) is 3.79. The van der Waals surface area contributed by atoms with Crippen LogP contribution in [0.2, 0.25) is 5.02 Å². The number of hydrogen-bond acceptors (Lipinski definition) is 4.